The Hall–Kier alpha value is -4.00. The molecule has 0 saturated carbocycles. The third kappa shape index (κ3) is 3.11. The van der Waals surface area contributed by atoms with Crippen molar-refractivity contribution in [3.8, 4) is 16.9 Å². The molecule has 0 saturated heterocycles. The smallest absolute Gasteiger partial charge is 0.337 e. The number of aromatic amines is 1. The van der Waals surface area contributed by atoms with E-state index in [2.05, 4.69) is 22.3 Å². The summed E-state index contributed by atoms with van der Waals surface area (Å²) < 4.78 is 6.65. The lowest BCUT2D eigenvalue weighted by molar-refractivity contribution is 0.0600. The highest BCUT2D eigenvalue weighted by molar-refractivity contribution is 6.07. The maximum atomic E-state index is 11.8. The summed E-state index contributed by atoms with van der Waals surface area (Å²) >= 11 is 0. The van der Waals surface area contributed by atoms with Crippen molar-refractivity contribution in [1.29, 1.82) is 0 Å². The van der Waals surface area contributed by atoms with Gasteiger partial charge in [-0.25, -0.2) is 14.5 Å². The van der Waals surface area contributed by atoms with E-state index in [0.717, 1.165) is 58.3 Å². The van der Waals surface area contributed by atoms with Crippen LogP contribution in [0.5, 0.6) is 0 Å². The van der Waals surface area contributed by atoms with Crippen LogP contribution in [-0.2, 0) is 17.6 Å². The number of carbonyl (C=O) groups is 1. The molecule has 7 nitrogen and oxygen atoms in total. The van der Waals surface area contributed by atoms with Gasteiger partial charge in [0, 0.05) is 22.5 Å². The van der Waals surface area contributed by atoms with Gasteiger partial charge in [-0.15, -0.1) is 0 Å². The van der Waals surface area contributed by atoms with Gasteiger partial charge in [-0.05, 0) is 80.1 Å². The maximum Gasteiger partial charge on any atom is 0.337 e. The second kappa shape index (κ2) is 7.55. The summed E-state index contributed by atoms with van der Waals surface area (Å²) in [5, 5.41) is 14.5. The molecule has 1 aliphatic carbocycles. The van der Waals surface area contributed by atoms with Crippen LogP contribution in [0.3, 0.4) is 0 Å². The summed E-state index contributed by atoms with van der Waals surface area (Å²) in [7, 11) is 1.38. The van der Waals surface area contributed by atoms with Crippen LogP contribution in [0, 0.1) is 6.92 Å². The molecule has 0 unspecified atom stereocenters. The zero-order chi connectivity index (χ0) is 22.5. The quantitative estimate of drug-likeness (QED) is 0.404. The number of methoxy groups -OCH3 is 1. The topological polar surface area (TPSA) is 85.7 Å². The van der Waals surface area contributed by atoms with Crippen molar-refractivity contribution in [3.63, 3.8) is 0 Å². The largest absolute Gasteiger partial charge is 0.465 e. The second-order valence-corrected chi connectivity index (χ2v) is 8.53. The van der Waals surface area contributed by atoms with Crippen LogP contribution in [-0.4, -0.2) is 38.0 Å². The van der Waals surface area contributed by atoms with E-state index < -0.39 is 0 Å². The standard InChI is InChI=1S/C26H23N5O2/c1-15-21(14-31(30-15)17-9-7-16(8-10-17)26(32)33-2)25-19-6-4-3-5-18(19)24-20-13-27-29-22(20)11-12-23(24)28-25/h7-14H,3-6H2,1-2H3,(H,27,29). The molecular weight excluding hydrogens is 414 g/mol. The molecule has 0 aliphatic heterocycles. The lowest BCUT2D eigenvalue weighted by atomic mass is 9.85. The van der Waals surface area contributed by atoms with E-state index in [1.54, 1.807) is 12.1 Å². The number of rotatable bonds is 3. The van der Waals surface area contributed by atoms with E-state index in [9.17, 15) is 4.79 Å². The molecule has 0 fully saturated rings. The number of benzene rings is 2. The summed E-state index contributed by atoms with van der Waals surface area (Å²) in [6.45, 7) is 2.02. The highest BCUT2D eigenvalue weighted by atomic mass is 16.5. The zero-order valence-electron chi connectivity index (χ0n) is 18.6. The number of nitrogens with one attached hydrogen (secondary N) is 1. The Bertz CT molecular complexity index is 1530. The number of ether oxygens (including phenoxy) is 1. The lowest BCUT2D eigenvalue weighted by Gasteiger charge is -2.21. The van der Waals surface area contributed by atoms with Crippen LogP contribution in [0.15, 0.2) is 48.8 Å². The van der Waals surface area contributed by atoms with Gasteiger partial charge in [0.15, 0.2) is 0 Å². The molecule has 1 aliphatic rings. The Morgan fingerprint density at radius 3 is 2.64 bits per heavy atom. The van der Waals surface area contributed by atoms with Crippen molar-refractivity contribution in [2.24, 2.45) is 0 Å². The minimum Gasteiger partial charge on any atom is -0.465 e. The minimum atomic E-state index is -0.349. The van der Waals surface area contributed by atoms with Gasteiger partial charge in [-0.3, -0.25) is 5.10 Å². The van der Waals surface area contributed by atoms with Gasteiger partial charge in [0.05, 0.1) is 47.0 Å². The molecule has 33 heavy (non-hydrogen) atoms. The molecule has 6 rings (SSSR count). The van der Waals surface area contributed by atoms with Crippen LogP contribution in [0.4, 0.5) is 0 Å². The average Bonchev–Trinajstić information content (AvgIpc) is 3.49. The number of hydrogen-bond donors (Lipinski definition) is 1. The monoisotopic (exact) mass is 437 g/mol. The molecule has 7 heteroatoms. The number of aryl methyl sites for hydroxylation is 2. The summed E-state index contributed by atoms with van der Waals surface area (Å²) in [6.07, 6.45) is 8.37. The Morgan fingerprint density at radius 1 is 1.06 bits per heavy atom. The normalized spacial score (nSPS) is 13.4. The van der Waals surface area contributed by atoms with Crippen molar-refractivity contribution in [2.75, 3.05) is 7.11 Å². The number of pyridine rings is 1. The first-order valence-corrected chi connectivity index (χ1v) is 11.2. The summed E-state index contributed by atoms with van der Waals surface area (Å²) in [4.78, 5) is 16.9. The van der Waals surface area contributed by atoms with E-state index in [0.29, 0.717) is 5.56 Å². The van der Waals surface area contributed by atoms with E-state index in [1.807, 2.05) is 36.1 Å². The number of carbonyl (C=O) groups excluding carboxylic acids is 1. The Balaban J connectivity index is 1.51. The molecule has 3 heterocycles. The maximum absolute atomic E-state index is 11.8. The Labute approximate surface area is 190 Å². The molecule has 0 spiro atoms. The molecule has 1 N–H and O–H groups in total. The van der Waals surface area contributed by atoms with Crippen LogP contribution in [0.1, 0.15) is 40.0 Å². The molecule has 0 bridgehead atoms. The number of fused-ring (bicyclic) bond motifs is 5. The third-order valence-corrected chi connectivity index (χ3v) is 6.60. The van der Waals surface area contributed by atoms with Crippen molar-refractivity contribution in [2.45, 2.75) is 32.6 Å². The van der Waals surface area contributed by atoms with Crippen molar-refractivity contribution >= 4 is 27.8 Å². The molecule has 0 radical (unpaired) electrons. The van der Waals surface area contributed by atoms with Gasteiger partial charge in [0.1, 0.15) is 0 Å². The highest BCUT2D eigenvalue weighted by Gasteiger charge is 2.23. The third-order valence-electron chi connectivity index (χ3n) is 6.60. The van der Waals surface area contributed by atoms with Gasteiger partial charge in [0.2, 0.25) is 0 Å². The average molecular weight is 438 g/mol. The van der Waals surface area contributed by atoms with Crippen LogP contribution >= 0.6 is 0 Å². The fourth-order valence-electron chi connectivity index (χ4n) is 4.96. The number of hydrogen-bond acceptors (Lipinski definition) is 5. The van der Waals surface area contributed by atoms with Crippen molar-refractivity contribution in [1.82, 2.24) is 25.0 Å². The van der Waals surface area contributed by atoms with E-state index >= 15 is 0 Å². The van der Waals surface area contributed by atoms with E-state index in [4.69, 9.17) is 14.8 Å². The number of nitrogens with zero attached hydrogens (tertiary/aromatic N) is 4. The predicted molar refractivity (Wildman–Crippen MR) is 127 cm³/mol. The van der Waals surface area contributed by atoms with Gasteiger partial charge >= 0.3 is 5.97 Å². The Kier molecular flexibility index (Phi) is 4.50. The van der Waals surface area contributed by atoms with Gasteiger partial charge in [0.25, 0.3) is 0 Å². The van der Waals surface area contributed by atoms with Crippen molar-refractivity contribution < 1.29 is 9.53 Å². The summed E-state index contributed by atoms with van der Waals surface area (Å²) in [6, 6.07) is 11.4. The number of esters is 1. The molecule has 2 aromatic carbocycles. The second-order valence-electron chi connectivity index (χ2n) is 8.53. The van der Waals surface area contributed by atoms with Gasteiger partial charge < -0.3 is 4.74 Å². The van der Waals surface area contributed by atoms with Gasteiger partial charge in [-0.2, -0.15) is 10.2 Å². The van der Waals surface area contributed by atoms with E-state index in [-0.39, 0.29) is 5.97 Å². The lowest BCUT2D eigenvalue weighted by Crippen LogP contribution is -2.08. The summed E-state index contributed by atoms with van der Waals surface area (Å²) in [5.74, 6) is -0.349. The molecule has 0 atom stereocenters. The fourth-order valence-corrected chi connectivity index (χ4v) is 4.96. The Morgan fingerprint density at radius 2 is 1.85 bits per heavy atom. The molecular formula is C26H23N5O2. The first kappa shape index (κ1) is 19.7. The highest BCUT2D eigenvalue weighted by Crippen LogP contribution is 2.38. The SMILES string of the molecule is COC(=O)c1ccc(-n2cc(-c3nc4ccc5[nH]ncc5c4c4c3CCCC4)c(C)n2)cc1. The number of aromatic nitrogens is 5. The zero-order valence-corrected chi connectivity index (χ0v) is 18.6. The molecule has 3 aromatic heterocycles. The minimum absolute atomic E-state index is 0.349. The fraction of sp³-hybridized carbons (Fsp3) is 0.231. The summed E-state index contributed by atoms with van der Waals surface area (Å²) in [5.41, 5.74) is 9.14. The van der Waals surface area contributed by atoms with E-state index in [1.165, 1.54) is 30.0 Å². The first-order chi connectivity index (χ1) is 16.1. The first-order valence-electron chi connectivity index (χ1n) is 11.2. The molecule has 0 amide bonds. The van der Waals surface area contributed by atoms with Crippen LogP contribution < -0.4 is 0 Å². The van der Waals surface area contributed by atoms with Gasteiger partial charge in [-0.1, -0.05) is 0 Å². The molecule has 164 valence electrons. The predicted octanol–water partition coefficient (Wildman–Crippen LogP) is 4.94. The number of H-pyrrole nitrogens is 1. The van der Waals surface area contributed by atoms with Crippen molar-refractivity contribution in [3.05, 3.63) is 71.2 Å². The van der Waals surface area contributed by atoms with Crippen LogP contribution in [0.25, 0.3) is 38.8 Å². The van der Waals surface area contributed by atoms with Crippen LogP contribution in [0.2, 0.25) is 0 Å². The molecule has 5 aromatic rings.